The summed E-state index contributed by atoms with van der Waals surface area (Å²) in [4.78, 5) is 26.1. The SMILES string of the molecule is CC1=NN(c2ccc(C(C)(C)C)cc2)C(=O)C1=C(C)NNC(=S)N1CCC(C(=O)O)CC1. The highest BCUT2D eigenvalue weighted by Crippen LogP contribution is 2.28. The minimum absolute atomic E-state index is 0.0330. The molecule has 9 heteroatoms. The first kappa shape index (κ1) is 23.7. The van der Waals surface area contributed by atoms with Gasteiger partial charge in [0.05, 0.1) is 22.9 Å². The van der Waals surface area contributed by atoms with Crippen molar-refractivity contribution in [2.45, 2.75) is 52.9 Å². The number of allylic oxidation sites excluding steroid dienone is 1. The summed E-state index contributed by atoms with van der Waals surface area (Å²) in [5.74, 6) is -1.27. The normalized spacial score (nSPS) is 19.0. The van der Waals surface area contributed by atoms with E-state index in [1.165, 1.54) is 10.6 Å². The second-order valence-electron chi connectivity index (χ2n) is 9.25. The Morgan fingerprint density at radius 2 is 1.75 bits per heavy atom. The molecule has 2 aliphatic rings. The molecule has 0 atom stereocenters. The number of benzene rings is 1. The number of aliphatic carboxylic acids is 1. The third-order valence-electron chi connectivity index (χ3n) is 5.86. The van der Waals surface area contributed by atoms with Gasteiger partial charge < -0.3 is 15.4 Å². The number of rotatable bonds is 4. The lowest BCUT2D eigenvalue weighted by Gasteiger charge is -2.32. The zero-order valence-electron chi connectivity index (χ0n) is 19.2. The first-order valence-corrected chi connectivity index (χ1v) is 11.1. The summed E-state index contributed by atoms with van der Waals surface area (Å²) in [6, 6.07) is 7.87. The predicted molar refractivity (Wildman–Crippen MR) is 129 cm³/mol. The van der Waals surface area contributed by atoms with Crippen molar-refractivity contribution in [2.75, 3.05) is 18.1 Å². The van der Waals surface area contributed by atoms with Gasteiger partial charge in [-0.1, -0.05) is 32.9 Å². The summed E-state index contributed by atoms with van der Waals surface area (Å²) >= 11 is 5.43. The van der Waals surface area contributed by atoms with Crippen molar-refractivity contribution < 1.29 is 14.7 Å². The Labute approximate surface area is 194 Å². The molecule has 0 saturated carbocycles. The molecular formula is C23H31N5O3S. The fraction of sp³-hybridized carbons (Fsp3) is 0.478. The third-order valence-corrected chi connectivity index (χ3v) is 6.22. The smallest absolute Gasteiger partial charge is 0.306 e. The first-order valence-electron chi connectivity index (χ1n) is 10.7. The van der Waals surface area contributed by atoms with Crippen LogP contribution in [0.25, 0.3) is 0 Å². The number of nitrogens with one attached hydrogen (secondary N) is 2. The number of hydrazone groups is 1. The van der Waals surface area contributed by atoms with Gasteiger partial charge >= 0.3 is 5.97 Å². The van der Waals surface area contributed by atoms with E-state index in [9.17, 15) is 9.59 Å². The molecule has 1 aromatic rings. The summed E-state index contributed by atoms with van der Waals surface area (Å²) in [7, 11) is 0. The quantitative estimate of drug-likeness (QED) is 0.363. The molecule has 172 valence electrons. The largest absolute Gasteiger partial charge is 0.481 e. The number of anilines is 1. The number of nitrogens with zero attached hydrogens (tertiary/aromatic N) is 3. The molecule has 32 heavy (non-hydrogen) atoms. The Balaban J connectivity index is 1.64. The number of hydrogen-bond donors (Lipinski definition) is 3. The maximum atomic E-state index is 13.1. The van der Waals surface area contributed by atoms with Crippen molar-refractivity contribution in [1.82, 2.24) is 15.8 Å². The van der Waals surface area contributed by atoms with Crippen molar-refractivity contribution >= 4 is 40.6 Å². The zero-order valence-corrected chi connectivity index (χ0v) is 20.0. The van der Waals surface area contributed by atoms with Crippen LogP contribution in [0.2, 0.25) is 0 Å². The van der Waals surface area contributed by atoms with Crippen LogP contribution in [0.4, 0.5) is 5.69 Å². The lowest BCUT2D eigenvalue weighted by atomic mass is 9.87. The van der Waals surface area contributed by atoms with Crippen molar-refractivity contribution in [2.24, 2.45) is 11.0 Å². The van der Waals surface area contributed by atoms with Gasteiger partial charge in [-0.2, -0.15) is 10.1 Å². The number of carbonyl (C=O) groups is 2. The Hall–Kier alpha value is -2.94. The van der Waals surface area contributed by atoms with E-state index >= 15 is 0 Å². The summed E-state index contributed by atoms with van der Waals surface area (Å²) in [5, 5.41) is 15.5. The van der Waals surface area contributed by atoms with Gasteiger partial charge in [0.15, 0.2) is 5.11 Å². The maximum Gasteiger partial charge on any atom is 0.306 e. The van der Waals surface area contributed by atoms with Crippen LogP contribution in [-0.4, -0.2) is 45.8 Å². The Bertz CT molecular complexity index is 970. The minimum Gasteiger partial charge on any atom is -0.481 e. The molecule has 0 bridgehead atoms. The Morgan fingerprint density at radius 1 is 1.16 bits per heavy atom. The van der Waals surface area contributed by atoms with E-state index < -0.39 is 5.97 Å². The molecule has 2 heterocycles. The number of carboxylic acid groups (broad SMARTS) is 1. The van der Waals surface area contributed by atoms with Crippen LogP contribution >= 0.6 is 12.2 Å². The van der Waals surface area contributed by atoms with Gasteiger partial charge in [-0.05, 0) is 62.0 Å². The van der Waals surface area contributed by atoms with Gasteiger partial charge in [0.25, 0.3) is 5.91 Å². The van der Waals surface area contributed by atoms with E-state index in [0.29, 0.717) is 48.0 Å². The molecule has 2 aliphatic heterocycles. The molecule has 1 amide bonds. The van der Waals surface area contributed by atoms with E-state index in [0.717, 1.165) is 5.69 Å². The summed E-state index contributed by atoms with van der Waals surface area (Å²) in [5.41, 5.74) is 9.66. The average molecular weight is 458 g/mol. The van der Waals surface area contributed by atoms with E-state index in [-0.39, 0.29) is 17.2 Å². The predicted octanol–water partition coefficient (Wildman–Crippen LogP) is 3.16. The molecular weight excluding hydrogens is 426 g/mol. The van der Waals surface area contributed by atoms with Crippen LogP contribution in [-0.2, 0) is 15.0 Å². The summed E-state index contributed by atoms with van der Waals surface area (Å²) in [6.45, 7) is 11.2. The molecule has 0 aromatic heterocycles. The molecule has 0 aliphatic carbocycles. The average Bonchev–Trinajstić information content (AvgIpc) is 3.05. The van der Waals surface area contributed by atoms with Crippen molar-refractivity contribution in [3.8, 4) is 0 Å². The molecule has 3 N–H and O–H groups in total. The molecule has 0 unspecified atom stereocenters. The van der Waals surface area contributed by atoms with Gasteiger partial charge in [-0.15, -0.1) is 0 Å². The Morgan fingerprint density at radius 3 is 2.28 bits per heavy atom. The topological polar surface area (TPSA) is 97.3 Å². The van der Waals surface area contributed by atoms with Crippen molar-refractivity contribution in [3.63, 3.8) is 0 Å². The van der Waals surface area contributed by atoms with E-state index in [1.807, 2.05) is 29.2 Å². The van der Waals surface area contributed by atoms with Gasteiger partial charge in [-0.3, -0.25) is 15.0 Å². The lowest BCUT2D eigenvalue weighted by molar-refractivity contribution is -0.143. The van der Waals surface area contributed by atoms with E-state index in [4.69, 9.17) is 17.3 Å². The van der Waals surface area contributed by atoms with E-state index in [1.54, 1.807) is 13.8 Å². The third kappa shape index (κ3) is 5.09. The number of carboxylic acids is 1. The minimum atomic E-state index is -0.755. The molecule has 0 radical (unpaired) electrons. The van der Waals surface area contributed by atoms with Gasteiger partial charge in [-0.25, -0.2) is 0 Å². The van der Waals surface area contributed by atoms with Crippen LogP contribution in [0.5, 0.6) is 0 Å². The van der Waals surface area contributed by atoms with Crippen LogP contribution in [0, 0.1) is 5.92 Å². The monoisotopic (exact) mass is 457 g/mol. The highest BCUT2D eigenvalue weighted by atomic mass is 32.1. The number of piperidine rings is 1. The maximum absolute atomic E-state index is 13.1. The van der Waals surface area contributed by atoms with Crippen LogP contribution < -0.4 is 15.9 Å². The molecule has 1 fully saturated rings. The lowest BCUT2D eigenvalue weighted by Crippen LogP contribution is -2.49. The number of hydrogen-bond acceptors (Lipinski definition) is 5. The Kier molecular flexibility index (Phi) is 6.88. The van der Waals surface area contributed by atoms with Gasteiger partial charge in [0.2, 0.25) is 0 Å². The fourth-order valence-electron chi connectivity index (χ4n) is 3.83. The van der Waals surface area contributed by atoms with E-state index in [2.05, 4.69) is 36.7 Å². The second-order valence-corrected chi connectivity index (χ2v) is 9.64. The molecule has 1 saturated heterocycles. The standard InChI is InChI=1S/C23H31N5O3S/c1-14(24-25-22(32)27-12-10-16(11-13-27)21(30)31)19-15(2)26-28(20(19)29)18-8-6-17(7-9-18)23(3,4)5/h6-9,16,24H,10-13H2,1-5H3,(H,25,32)(H,30,31). The molecule has 3 rings (SSSR count). The number of likely N-dealkylation sites (tertiary alicyclic amines) is 1. The highest BCUT2D eigenvalue weighted by molar-refractivity contribution is 7.80. The summed E-state index contributed by atoms with van der Waals surface area (Å²) in [6.07, 6.45) is 1.12. The number of carbonyl (C=O) groups excluding carboxylic acids is 1. The number of thiocarbonyl (C=S) groups is 1. The molecule has 8 nitrogen and oxygen atoms in total. The second kappa shape index (κ2) is 9.28. The van der Waals surface area contributed by atoms with Crippen LogP contribution in [0.15, 0.2) is 40.6 Å². The fourth-order valence-corrected chi connectivity index (χ4v) is 4.07. The molecule has 0 spiro atoms. The van der Waals surface area contributed by atoms with Gasteiger partial charge in [0.1, 0.15) is 0 Å². The van der Waals surface area contributed by atoms with Crippen molar-refractivity contribution in [1.29, 1.82) is 0 Å². The van der Waals surface area contributed by atoms with Crippen LogP contribution in [0.3, 0.4) is 0 Å². The van der Waals surface area contributed by atoms with Crippen molar-refractivity contribution in [3.05, 3.63) is 41.1 Å². The number of hydrazine groups is 1. The van der Waals surface area contributed by atoms with Gasteiger partial charge in [0, 0.05) is 18.8 Å². The first-order chi connectivity index (χ1) is 15.0. The highest BCUT2D eigenvalue weighted by Gasteiger charge is 2.31. The van der Waals surface area contributed by atoms with Crippen LogP contribution in [0.1, 0.15) is 53.0 Å². The zero-order chi connectivity index (χ0) is 23.6. The summed E-state index contributed by atoms with van der Waals surface area (Å²) < 4.78 is 0. The number of amides is 1. The molecule has 1 aromatic carbocycles.